The van der Waals surface area contributed by atoms with E-state index >= 15 is 0 Å². The number of esters is 1. The normalized spacial score (nSPS) is 17.6. The van der Waals surface area contributed by atoms with E-state index < -0.39 is 0 Å². The maximum atomic E-state index is 12.0. The van der Waals surface area contributed by atoms with Crippen molar-refractivity contribution in [3.05, 3.63) is 18.6 Å². The Kier molecular flexibility index (Phi) is 5.48. The van der Waals surface area contributed by atoms with Crippen molar-refractivity contribution in [2.75, 3.05) is 19.7 Å². The fourth-order valence-corrected chi connectivity index (χ4v) is 2.17. The molecule has 0 aliphatic carbocycles. The summed E-state index contributed by atoms with van der Waals surface area (Å²) in [7, 11) is 0. The maximum absolute atomic E-state index is 12.0. The number of carbonyl (C=O) groups is 2. The van der Waals surface area contributed by atoms with Gasteiger partial charge >= 0.3 is 5.97 Å². The quantitative estimate of drug-likeness (QED) is 0.722. The zero-order valence-corrected chi connectivity index (χ0v) is 12.0. The van der Waals surface area contributed by atoms with Crippen molar-refractivity contribution in [1.29, 1.82) is 0 Å². The van der Waals surface area contributed by atoms with Gasteiger partial charge in [-0.15, -0.1) is 0 Å². The summed E-state index contributed by atoms with van der Waals surface area (Å²) in [4.78, 5) is 32.9. The van der Waals surface area contributed by atoms with E-state index in [2.05, 4.69) is 9.97 Å². The van der Waals surface area contributed by atoms with Crippen molar-refractivity contribution in [2.45, 2.75) is 32.3 Å². The molecule has 114 valence electrons. The molecule has 1 aromatic heterocycles. The number of rotatable bonds is 6. The third-order valence-corrected chi connectivity index (χ3v) is 3.17. The number of hydrogen-bond donors (Lipinski definition) is 0. The first-order valence-corrected chi connectivity index (χ1v) is 7.05. The lowest BCUT2D eigenvalue weighted by Gasteiger charge is -2.16. The van der Waals surface area contributed by atoms with Gasteiger partial charge in [-0.3, -0.25) is 14.6 Å². The van der Waals surface area contributed by atoms with E-state index in [0.29, 0.717) is 25.6 Å². The largest absolute Gasteiger partial charge is 0.471 e. The van der Waals surface area contributed by atoms with E-state index in [-0.39, 0.29) is 30.8 Å². The van der Waals surface area contributed by atoms with E-state index in [1.165, 1.54) is 0 Å². The van der Waals surface area contributed by atoms with E-state index in [1.807, 2.05) is 0 Å². The van der Waals surface area contributed by atoms with Crippen LogP contribution in [0.2, 0.25) is 0 Å². The van der Waals surface area contributed by atoms with Gasteiger partial charge in [0.2, 0.25) is 11.8 Å². The average Bonchev–Trinajstić information content (AvgIpc) is 2.95. The number of nitrogens with zero attached hydrogens (tertiary/aromatic N) is 3. The van der Waals surface area contributed by atoms with Crippen LogP contribution >= 0.6 is 0 Å². The van der Waals surface area contributed by atoms with Crippen molar-refractivity contribution in [1.82, 2.24) is 14.9 Å². The lowest BCUT2D eigenvalue weighted by Crippen LogP contribution is -2.31. The molecule has 0 bridgehead atoms. The molecule has 0 aromatic carbocycles. The summed E-state index contributed by atoms with van der Waals surface area (Å²) in [6.07, 6.45) is 5.66. The third kappa shape index (κ3) is 4.70. The summed E-state index contributed by atoms with van der Waals surface area (Å²) in [6, 6.07) is 0. The van der Waals surface area contributed by atoms with Gasteiger partial charge < -0.3 is 14.4 Å². The Hall–Kier alpha value is -2.18. The number of hydrogen-bond acceptors (Lipinski definition) is 6. The van der Waals surface area contributed by atoms with Crippen LogP contribution in [-0.4, -0.2) is 52.5 Å². The SMILES string of the molecule is CCOC(=O)CCC(=O)N1CCC(Oc2cnccn2)C1. The molecule has 1 aromatic rings. The Bertz CT molecular complexity index is 480. The van der Waals surface area contributed by atoms with Gasteiger partial charge in [0.15, 0.2) is 0 Å². The number of amides is 1. The highest BCUT2D eigenvalue weighted by Gasteiger charge is 2.28. The Morgan fingerprint density at radius 1 is 1.38 bits per heavy atom. The second-order valence-electron chi connectivity index (χ2n) is 4.72. The lowest BCUT2D eigenvalue weighted by molar-refractivity contribution is -0.145. The smallest absolute Gasteiger partial charge is 0.306 e. The second kappa shape index (κ2) is 7.56. The van der Waals surface area contributed by atoms with Crippen molar-refractivity contribution in [3.63, 3.8) is 0 Å². The van der Waals surface area contributed by atoms with Gasteiger partial charge in [0.1, 0.15) is 6.10 Å². The standard InChI is InChI=1S/C14H19N3O4/c1-2-20-14(19)4-3-13(18)17-8-5-11(10-17)21-12-9-15-6-7-16-12/h6-7,9,11H,2-5,8,10H2,1H3. The molecule has 7 nitrogen and oxygen atoms in total. The zero-order chi connectivity index (χ0) is 15.1. The van der Waals surface area contributed by atoms with Gasteiger partial charge in [-0.25, -0.2) is 4.98 Å². The molecule has 2 heterocycles. The number of likely N-dealkylation sites (tertiary alicyclic amines) is 1. The van der Waals surface area contributed by atoms with Crippen molar-refractivity contribution < 1.29 is 19.1 Å². The molecule has 1 aliphatic rings. The molecule has 1 unspecified atom stereocenters. The molecule has 1 amide bonds. The Morgan fingerprint density at radius 3 is 2.95 bits per heavy atom. The van der Waals surface area contributed by atoms with Gasteiger partial charge in [0, 0.05) is 31.8 Å². The summed E-state index contributed by atoms with van der Waals surface area (Å²) in [6.45, 7) is 3.23. The number of carbonyl (C=O) groups excluding carboxylic acids is 2. The molecule has 1 saturated heterocycles. The highest BCUT2D eigenvalue weighted by molar-refractivity contribution is 5.81. The van der Waals surface area contributed by atoms with Crippen LogP contribution in [0, 0.1) is 0 Å². The maximum Gasteiger partial charge on any atom is 0.306 e. The first-order chi connectivity index (χ1) is 10.2. The Morgan fingerprint density at radius 2 is 2.24 bits per heavy atom. The summed E-state index contributed by atoms with van der Waals surface area (Å²) in [5.74, 6) is 0.0778. The Balaban J connectivity index is 1.74. The fourth-order valence-electron chi connectivity index (χ4n) is 2.17. The first kappa shape index (κ1) is 15.2. The number of aromatic nitrogens is 2. The van der Waals surface area contributed by atoms with Crippen molar-refractivity contribution in [2.24, 2.45) is 0 Å². The summed E-state index contributed by atoms with van der Waals surface area (Å²) in [5.41, 5.74) is 0. The average molecular weight is 293 g/mol. The third-order valence-electron chi connectivity index (χ3n) is 3.17. The minimum Gasteiger partial charge on any atom is -0.471 e. The highest BCUT2D eigenvalue weighted by Crippen LogP contribution is 2.16. The summed E-state index contributed by atoms with van der Waals surface area (Å²) < 4.78 is 10.5. The lowest BCUT2D eigenvalue weighted by atomic mass is 10.3. The molecule has 0 N–H and O–H groups in total. The van der Waals surface area contributed by atoms with Crippen LogP contribution in [0.5, 0.6) is 5.88 Å². The van der Waals surface area contributed by atoms with E-state index in [1.54, 1.807) is 30.4 Å². The molecule has 1 atom stereocenters. The molecule has 21 heavy (non-hydrogen) atoms. The fraction of sp³-hybridized carbons (Fsp3) is 0.571. The van der Waals surface area contributed by atoms with Crippen LogP contribution in [0.25, 0.3) is 0 Å². The molecule has 0 radical (unpaired) electrons. The highest BCUT2D eigenvalue weighted by atomic mass is 16.5. The summed E-state index contributed by atoms with van der Waals surface area (Å²) in [5, 5.41) is 0. The topological polar surface area (TPSA) is 81.6 Å². The molecule has 2 rings (SSSR count). The van der Waals surface area contributed by atoms with Gasteiger partial charge in [-0.2, -0.15) is 0 Å². The van der Waals surface area contributed by atoms with Crippen LogP contribution < -0.4 is 4.74 Å². The van der Waals surface area contributed by atoms with Crippen LogP contribution in [0.4, 0.5) is 0 Å². The van der Waals surface area contributed by atoms with Crippen LogP contribution in [0.1, 0.15) is 26.2 Å². The predicted octanol–water partition coefficient (Wildman–Crippen LogP) is 0.800. The molecule has 1 fully saturated rings. The van der Waals surface area contributed by atoms with E-state index in [0.717, 1.165) is 6.42 Å². The molecular formula is C14H19N3O4. The molecule has 0 spiro atoms. The molecule has 7 heteroatoms. The zero-order valence-electron chi connectivity index (χ0n) is 12.0. The van der Waals surface area contributed by atoms with Gasteiger partial charge in [0.05, 0.1) is 25.8 Å². The molecule has 0 saturated carbocycles. The first-order valence-electron chi connectivity index (χ1n) is 7.05. The van der Waals surface area contributed by atoms with Crippen LogP contribution in [0.3, 0.4) is 0 Å². The van der Waals surface area contributed by atoms with E-state index in [9.17, 15) is 9.59 Å². The van der Waals surface area contributed by atoms with Gasteiger partial charge in [-0.1, -0.05) is 0 Å². The van der Waals surface area contributed by atoms with Crippen LogP contribution in [-0.2, 0) is 14.3 Å². The van der Waals surface area contributed by atoms with Crippen LogP contribution in [0.15, 0.2) is 18.6 Å². The van der Waals surface area contributed by atoms with Gasteiger partial charge in [0.25, 0.3) is 0 Å². The van der Waals surface area contributed by atoms with Gasteiger partial charge in [-0.05, 0) is 6.92 Å². The summed E-state index contributed by atoms with van der Waals surface area (Å²) >= 11 is 0. The second-order valence-corrected chi connectivity index (χ2v) is 4.72. The Labute approximate surface area is 123 Å². The molecular weight excluding hydrogens is 274 g/mol. The van der Waals surface area contributed by atoms with Crippen molar-refractivity contribution in [3.8, 4) is 5.88 Å². The van der Waals surface area contributed by atoms with Crippen molar-refractivity contribution >= 4 is 11.9 Å². The monoisotopic (exact) mass is 293 g/mol. The molecule has 1 aliphatic heterocycles. The number of ether oxygens (including phenoxy) is 2. The van der Waals surface area contributed by atoms with E-state index in [4.69, 9.17) is 9.47 Å². The predicted molar refractivity (Wildman–Crippen MR) is 73.5 cm³/mol. The minimum atomic E-state index is -0.336. The minimum absolute atomic E-state index is 0.0479.